The number of hydrogen-bond acceptors (Lipinski definition) is 6. The van der Waals surface area contributed by atoms with E-state index in [1.165, 1.54) is 12.1 Å². The number of aromatic nitrogens is 1. The molecule has 1 aromatic heterocycles. The van der Waals surface area contributed by atoms with Gasteiger partial charge in [0.2, 0.25) is 0 Å². The first-order chi connectivity index (χ1) is 10.2. The molecule has 0 radical (unpaired) electrons. The average Bonchev–Trinajstić information content (AvgIpc) is 2.53. The van der Waals surface area contributed by atoms with Crippen LogP contribution >= 0.6 is 0 Å². The molecular weight excluding hydrogens is 274 g/mol. The van der Waals surface area contributed by atoms with E-state index in [0.717, 1.165) is 5.69 Å². The van der Waals surface area contributed by atoms with Gasteiger partial charge < -0.3 is 9.64 Å². The van der Waals surface area contributed by atoms with Gasteiger partial charge >= 0.3 is 0 Å². The van der Waals surface area contributed by atoms with Crippen LogP contribution in [0.1, 0.15) is 10.5 Å². The molecule has 1 aromatic carbocycles. The van der Waals surface area contributed by atoms with Crippen LogP contribution < -0.4 is 4.90 Å². The Bertz CT molecular complexity index is 711. The van der Waals surface area contributed by atoms with E-state index < -0.39 is 4.92 Å². The van der Waals surface area contributed by atoms with Gasteiger partial charge in [-0.05, 0) is 18.2 Å². The Morgan fingerprint density at radius 1 is 1.24 bits per heavy atom. The number of ether oxygens (including phenoxy) is 1. The van der Waals surface area contributed by atoms with Crippen molar-refractivity contribution in [2.45, 2.75) is 0 Å². The van der Waals surface area contributed by atoms with Crippen molar-refractivity contribution in [3.05, 3.63) is 40.1 Å². The lowest BCUT2D eigenvalue weighted by atomic mass is 10.1. The predicted octanol–water partition coefficient (Wildman–Crippen LogP) is 1.79. The molecule has 0 unspecified atom stereocenters. The molecule has 0 N–H and O–H groups in total. The predicted molar refractivity (Wildman–Crippen MR) is 76.8 cm³/mol. The van der Waals surface area contributed by atoms with Crippen LogP contribution in [0.4, 0.5) is 11.4 Å². The van der Waals surface area contributed by atoms with Gasteiger partial charge in [-0.1, -0.05) is 0 Å². The molecule has 0 aliphatic carbocycles. The van der Waals surface area contributed by atoms with Crippen molar-refractivity contribution >= 4 is 28.6 Å². The van der Waals surface area contributed by atoms with Gasteiger partial charge in [0, 0.05) is 19.2 Å². The first-order valence-electron chi connectivity index (χ1n) is 6.57. The number of aldehydes is 1. The molecule has 7 nitrogen and oxygen atoms in total. The second kappa shape index (κ2) is 5.45. The fraction of sp³-hybridized carbons (Fsp3) is 0.286. The van der Waals surface area contributed by atoms with Gasteiger partial charge in [-0.2, -0.15) is 0 Å². The summed E-state index contributed by atoms with van der Waals surface area (Å²) in [6.45, 7) is 2.59. The second-order valence-electron chi connectivity index (χ2n) is 4.71. The van der Waals surface area contributed by atoms with E-state index in [-0.39, 0.29) is 11.4 Å². The van der Waals surface area contributed by atoms with E-state index in [1.54, 1.807) is 12.1 Å². The van der Waals surface area contributed by atoms with Crippen molar-refractivity contribution in [3.63, 3.8) is 0 Å². The molecule has 2 heterocycles. The zero-order valence-corrected chi connectivity index (χ0v) is 11.2. The van der Waals surface area contributed by atoms with E-state index in [0.29, 0.717) is 43.5 Å². The van der Waals surface area contributed by atoms with Crippen LogP contribution in [-0.4, -0.2) is 42.5 Å². The van der Waals surface area contributed by atoms with Crippen molar-refractivity contribution < 1.29 is 14.5 Å². The van der Waals surface area contributed by atoms with Crippen molar-refractivity contribution in [1.29, 1.82) is 0 Å². The number of non-ortho nitro benzene ring substituents is 1. The summed E-state index contributed by atoms with van der Waals surface area (Å²) in [5.41, 5.74) is 1.53. The molecule has 0 spiro atoms. The summed E-state index contributed by atoms with van der Waals surface area (Å²) in [5, 5.41) is 11.6. The number of pyridine rings is 1. The standard InChI is InChI=1S/C14H13N3O4/c18-9-10-1-2-11-12(17(19)20)3-4-13(14(11)15-10)16-5-7-21-8-6-16/h1-4,9H,5-8H2. The van der Waals surface area contributed by atoms with Gasteiger partial charge in [0.15, 0.2) is 6.29 Å². The third-order valence-electron chi connectivity index (χ3n) is 3.50. The van der Waals surface area contributed by atoms with Crippen molar-refractivity contribution in [2.75, 3.05) is 31.2 Å². The van der Waals surface area contributed by atoms with E-state index in [2.05, 4.69) is 9.88 Å². The van der Waals surface area contributed by atoms with Gasteiger partial charge in [0.25, 0.3) is 5.69 Å². The number of fused-ring (bicyclic) bond motifs is 1. The minimum Gasteiger partial charge on any atom is -0.378 e. The van der Waals surface area contributed by atoms with E-state index in [4.69, 9.17) is 4.74 Å². The highest BCUT2D eigenvalue weighted by Crippen LogP contribution is 2.32. The fourth-order valence-electron chi connectivity index (χ4n) is 2.49. The van der Waals surface area contributed by atoms with Gasteiger partial charge in [0.05, 0.1) is 29.2 Å². The maximum atomic E-state index is 11.1. The fourth-order valence-corrected chi connectivity index (χ4v) is 2.49. The number of nitrogens with zero attached hydrogens (tertiary/aromatic N) is 3. The number of nitro benzene ring substituents is 1. The Kier molecular flexibility index (Phi) is 3.49. The van der Waals surface area contributed by atoms with Crippen molar-refractivity contribution in [2.24, 2.45) is 0 Å². The summed E-state index contributed by atoms with van der Waals surface area (Å²) in [5.74, 6) is 0. The Morgan fingerprint density at radius 2 is 2.00 bits per heavy atom. The molecule has 1 aliphatic heterocycles. The zero-order valence-electron chi connectivity index (χ0n) is 11.2. The number of nitro groups is 1. The summed E-state index contributed by atoms with van der Waals surface area (Å²) in [4.78, 5) is 27.9. The SMILES string of the molecule is O=Cc1ccc2c([N+](=O)[O-])ccc(N3CCOCC3)c2n1. The monoisotopic (exact) mass is 287 g/mol. The smallest absolute Gasteiger partial charge is 0.278 e. The van der Waals surface area contributed by atoms with Crippen LogP contribution in [0.2, 0.25) is 0 Å². The second-order valence-corrected chi connectivity index (χ2v) is 4.71. The van der Waals surface area contributed by atoms with Gasteiger partial charge in [-0.15, -0.1) is 0 Å². The minimum absolute atomic E-state index is 0.00745. The number of rotatable bonds is 3. The Hall–Kier alpha value is -2.54. The Balaban J connectivity index is 2.21. The lowest BCUT2D eigenvalue weighted by molar-refractivity contribution is -0.383. The number of carbonyl (C=O) groups excluding carboxylic acids is 1. The molecule has 0 atom stereocenters. The third-order valence-corrected chi connectivity index (χ3v) is 3.50. The van der Waals surface area contributed by atoms with Crippen LogP contribution in [-0.2, 0) is 4.74 Å². The number of hydrogen-bond donors (Lipinski definition) is 0. The summed E-state index contributed by atoms with van der Waals surface area (Å²) >= 11 is 0. The van der Waals surface area contributed by atoms with Gasteiger partial charge in [0.1, 0.15) is 11.2 Å². The highest BCUT2D eigenvalue weighted by atomic mass is 16.6. The first kappa shape index (κ1) is 13.4. The molecule has 108 valence electrons. The average molecular weight is 287 g/mol. The van der Waals surface area contributed by atoms with Crippen LogP contribution in [0.5, 0.6) is 0 Å². The molecule has 0 amide bonds. The molecule has 2 aromatic rings. The number of morpholine rings is 1. The number of benzene rings is 1. The topological polar surface area (TPSA) is 85.6 Å². The quantitative estimate of drug-likeness (QED) is 0.486. The Labute approximate surface area is 120 Å². The van der Waals surface area contributed by atoms with Crippen LogP contribution in [0.25, 0.3) is 10.9 Å². The van der Waals surface area contributed by atoms with Gasteiger partial charge in [-0.3, -0.25) is 14.9 Å². The normalized spacial score (nSPS) is 15.1. The Morgan fingerprint density at radius 3 is 2.67 bits per heavy atom. The molecular formula is C14H13N3O4. The van der Waals surface area contributed by atoms with Crippen molar-refractivity contribution in [1.82, 2.24) is 4.98 Å². The maximum Gasteiger partial charge on any atom is 0.278 e. The highest BCUT2D eigenvalue weighted by Gasteiger charge is 2.20. The molecule has 0 bridgehead atoms. The molecule has 3 rings (SSSR count). The molecule has 21 heavy (non-hydrogen) atoms. The van der Waals surface area contributed by atoms with Crippen molar-refractivity contribution in [3.8, 4) is 0 Å². The van der Waals surface area contributed by atoms with E-state index >= 15 is 0 Å². The third kappa shape index (κ3) is 2.43. The summed E-state index contributed by atoms with van der Waals surface area (Å²) in [6.07, 6.45) is 0.640. The molecule has 1 aliphatic rings. The largest absolute Gasteiger partial charge is 0.378 e. The van der Waals surface area contributed by atoms with Gasteiger partial charge in [-0.25, -0.2) is 4.98 Å². The highest BCUT2D eigenvalue weighted by molar-refractivity contribution is 5.98. The lowest BCUT2D eigenvalue weighted by Crippen LogP contribution is -2.36. The molecule has 7 heteroatoms. The van der Waals surface area contributed by atoms with Crippen LogP contribution in [0, 0.1) is 10.1 Å². The van der Waals surface area contributed by atoms with Crippen LogP contribution in [0.3, 0.4) is 0 Å². The summed E-state index contributed by atoms with van der Waals surface area (Å²) in [6, 6.07) is 6.24. The minimum atomic E-state index is -0.437. The molecule has 1 fully saturated rings. The maximum absolute atomic E-state index is 11.1. The lowest BCUT2D eigenvalue weighted by Gasteiger charge is -2.29. The summed E-state index contributed by atoms with van der Waals surface area (Å²) in [7, 11) is 0. The molecule has 0 saturated carbocycles. The van der Waals surface area contributed by atoms with E-state index in [1.807, 2.05) is 0 Å². The molecule has 1 saturated heterocycles. The zero-order chi connectivity index (χ0) is 14.8. The number of carbonyl (C=O) groups is 1. The summed E-state index contributed by atoms with van der Waals surface area (Å²) < 4.78 is 5.31. The van der Waals surface area contributed by atoms with Crippen LogP contribution in [0.15, 0.2) is 24.3 Å². The number of anilines is 1. The first-order valence-corrected chi connectivity index (χ1v) is 6.57. The van der Waals surface area contributed by atoms with E-state index in [9.17, 15) is 14.9 Å².